The Bertz CT molecular complexity index is 353. The van der Waals surface area contributed by atoms with Gasteiger partial charge in [0.2, 0.25) is 10.0 Å². The minimum Gasteiger partial charge on any atom is -0.315 e. The Labute approximate surface area is 111 Å². The van der Waals surface area contributed by atoms with Gasteiger partial charge in [-0.15, -0.1) is 0 Å². The molecule has 0 aromatic heterocycles. The number of nitrogens with one attached hydrogen (secondary N) is 2. The van der Waals surface area contributed by atoms with E-state index in [1.165, 1.54) is 6.42 Å². The van der Waals surface area contributed by atoms with Crippen molar-refractivity contribution in [2.75, 3.05) is 13.1 Å². The van der Waals surface area contributed by atoms with Gasteiger partial charge >= 0.3 is 0 Å². The minimum atomic E-state index is -3.14. The van der Waals surface area contributed by atoms with Crippen LogP contribution in [-0.2, 0) is 10.0 Å². The SMILES string of the molecule is CC1CC(C)CC(NS(=O)(=O)C2CCCNC2)C1. The summed E-state index contributed by atoms with van der Waals surface area (Å²) in [4.78, 5) is 0. The molecular weight excluding hydrogens is 248 g/mol. The molecule has 1 heterocycles. The average molecular weight is 274 g/mol. The highest BCUT2D eigenvalue weighted by Gasteiger charge is 2.32. The summed E-state index contributed by atoms with van der Waals surface area (Å²) in [6.07, 6.45) is 4.96. The number of rotatable bonds is 3. The summed E-state index contributed by atoms with van der Waals surface area (Å²) in [5.74, 6) is 1.26. The van der Waals surface area contributed by atoms with Gasteiger partial charge in [-0.2, -0.15) is 0 Å². The van der Waals surface area contributed by atoms with Crippen molar-refractivity contribution in [3.05, 3.63) is 0 Å². The zero-order valence-corrected chi connectivity index (χ0v) is 12.3. The van der Waals surface area contributed by atoms with E-state index in [-0.39, 0.29) is 11.3 Å². The number of hydrogen-bond acceptors (Lipinski definition) is 3. The summed E-state index contributed by atoms with van der Waals surface area (Å²) in [6.45, 7) is 5.99. The van der Waals surface area contributed by atoms with Crippen molar-refractivity contribution in [3.63, 3.8) is 0 Å². The molecule has 1 aliphatic heterocycles. The van der Waals surface area contributed by atoms with E-state index >= 15 is 0 Å². The first-order valence-corrected chi connectivity index (χ1v) is 8.74. The topological polar surface area (TPSA) is 58.2 Å². The van der Waals surface area contributed by atoms with Gasteiger partial charge in [-0.25, -0.2) is 13.1 Å². The molecule has 4 nitrogen and oxygen atoms in total. The standard InChI is InChI=1S/C13H26N2O2S/c1-10-6-11(2)8-12(7-10)15-18(16,17)13-4-3-5-14-9-13/h10-15H,3-9H2,1-2H3. The molecule has 0 aromatic carbocycles. The van der Waals surface area contributed by atoms with Crippen LogP contribution in [0, 0.1) is 11.8 Å². The van der Waals surface area contributed by atoms with E-state index in [2.05, 4.69) is 23.9 Å². The average Bonchev–Trinajstić information content (AvgIpc) is 2.28. The van der Waals surface area contributed by atoms with Gasteiger partial charge in [0, 0.05) is 12.6 Å². The van der Waals surface area contributed by atoms with Crippen LogP contribution in [0.4, 0.5) is 0 Å². The van der Waals surface area contributed by atoms with E-state index in [4.69, 9.17) is 0 Å². The maximum Gasteiger partial charge on any atom is 0.215 e. The largest absolute Gasteiger partial charge is 0.315 e. The fourth-order valence-corrected chi connectivity index (χ4v) is 5.12. The van der Waals surface area contributed by atoms with Crippen molar-refractivity contribution in [3.8, 4) is 0 Å². The first-order chi connectivity index (χ1) is 8.47. The van der Waals surface area contributed by atoms with E-state index in [1.54, 1.807) is 0 Å². The van der Waals surface area contributed by atoms with Crippen molar-refractivity contribution in [1.29, 1.82) is 0 Å². The Balaban J connectivity index is 1.94. The van der Waals surface area contributed by atoms with Crippen LogP contribution in [-0.4, -0.2) is 32.8 Å². The highest BCUT2D eigenvalue weighted by atomic mass is 32.2. The molecule has 106 valence electrons. The molecule has 2 rings (SSSR count). The molecule has 2 aliphatic rings. The zero-order valence-electron chi connectivity index (χ0n) is 11.5. The molecule has 1 saturated heterocycles. The van der Waals surface area contributed by atoms with Crippen molar-refractivity contribution in [1.82, 2.24) is 10.0 Å². The third-order valence-corrected chi connectivity index (χ3v) is 6.14. The lowest BCUT2D eigenvalue weighted by Gasteiger charge is -2.33. The Morgan fingerprint density at radius 1 is 1.11 bits per heavy atom. The van der Waals surface area contributed by atoms with Crippen LogP contribution in [0.5, 0.6) is 0 Å². The van der Waals surface area contributed by atoms with Crippen LogP contribution < -0.4 is 10.0 Å². The van der Waals surface area contributed by atoms with Gasteiger partial charge in [0.25, 0.3) is 0 Å². The summed E-state index contributed by atoms with van der Waals surface area (Å²) in [5.41, 5.74) is 0. The second-order valence-electron chi connectivity index (χ2n) is 6.25. The maximum absolute atomic E-state index is 12.3. The lowest BCUT2D eigenvalue weighted by atomic mass is 9.81. The molecule has 5 heteroatoms. The molecule has 18 heavy (non-hydrogen) atoms. The van der Waals surface area contributed by atoms with Crippen LogP contribution in [0.3, 0.4) is 0 Å². The van der Waals surface area contributed by atoms with Gasteiger partial charge in [-0.3, -0.25) is 0 Å². The summed E-state index contributed by atoms with van der Waals surface area (Å²) < 4.78 is 27.6. The van der Waals surface area contributed by atoms with Crippen LogP contribution in [0.2, 0.25) is 0 Å². The molecule has 2 N–H and O–H groups in total. The van der Waals surface area contributed by atoms with Crippen molar-refractivity contribution in [2.24, 2.45) is 11.8 Å². The smallest absolute Gasteiger partial charge is 0.215 e. The fraction of sp³-hybridized carbons (Fsp3) is 1.00. The van der Waals surface area contributed by atoms with Crippen molar-refractivity contribution < 1.29 is 8.42 Å². The van der Waals surface area contributed by atoms with Gasteiger partial charge < -0.3 is 5.32 Å². The predicted molar refractivity (Wildman–Crippen MR) is 73.9 cm³/mol. The van der Waals surface area contributed by atoms with E-state index < -0.39 is 10.0 Å². The normalized spacial score (nSPS) is 38.6. The molecule has 2 fully saturated rings. The van der Waals surface area contributed by atoms with E-state index in [0.29, 0.717) is 18.4 Å². The van der Waals surface area contributed by atoms with E-state index in [9.17, 15) is 8.42 Å². The van der Waals surface area contributed by atoms with Gasteiger partial charge in [0.1, 0.15) is 0 Å². The summed E-state index contributed by atoms with van der Waals surface area (Å²) in [7, 11) is -3.14. The molecule has 3 unspecified atom stereocenters. The third kappa shape index (κ3) is 3.68. The Morgan fingerprint density at radius 2 is 1.78 bits per heavy atom. The zero-order chi connectivity index (χ0) is 13.2. The van der Waals surface area contributed by atoms with Gasteiger partial charge in [0.05, 0.1) is 5.25 Å². The van der Waals surface area contributed by atoms with Gasteiger partial charge in [-0.05, 0) is 50.5 Å². The van der Waals surface area contributed by atoms with Gasteiger partial charge in [0.15, 0.2) is 0 Å². The van der Waals surface area contributed by atoms with E-state index in [1.807, 2.05) is 0 Å². The molecule has 0 radical (unpaired) electrons. The monoisotopic (exact) mass is 274 g/mol. The van der Waals surface area contributed by atoms with Crippen molar-refractivity contribution >= 4 is 10.0 Å². The lowest BCUT2D eigenvalue weighted by Crippen LogP contribution is -2.48. The lowest BCUT2D eigenvalue weighted by molar-refractivity contribution is 0.257. The molecule has 1 aliphatic carbocycles. The summed E-state index contributed by atoms with van der Waals surface area (Å²) in [6, 6.07) is 0.149. The Hall–Kier alpha value is -0.130. The Kier molecular flexibility index (Phi) is 4.67. The predicted octanol–water partition coefficient (Wildman–Crippen LogP) is 1.48. The van der Waals surface area contributed by atoms with Crippen LogP contribution in [0.15, 0.2) is 0 Å². The Morgan fingerprint density at radius 3 is 2.33 bits per heavy atom. The number of sulfonamides is 1. The number of piperidine rings is 1. The van der Waals surface area contributed by atoms with E-state index in [0.717, 1.165) is 32.2 Å². The number of hydrogen-bond donors (Lipinski definition) is 2. The highest BCUT2D eigenvalue weighted by Crippen LogP contribution is 2.29. The molecular formula is C13H26N2O2S. The van der Waals surface area contributed by atoms with Crippen molar-refractivity contribution in [2.45, 2.75) is 57.2 Å². The third-order valence-electron chi connectivity index (χ3n) is 4.20. The first-order valence-electron chi connectivity index (χ1n) is 7.19. The highest BCUT2D eigenvalue weighted by molar-refractivity contribution is 7.90. The molecule has 0 bridgehead atoms. The van der Waals surface area contributed by atoms with Crippen LogP contribution in [0.1, 0.15) is 46.0 Å². The maximum atomic E-state index is 12.3. The fourth-order valence-electron chi connectivity index (χ4n) is 3.46. The summed E-state index contributed by atoms with van der Waals surface area (Å²) >= 11 is 0. The molecule has 1 saturated carbocycles. The van der Waals surface area contributed by atoms with Crippen LogP contribution in [0.25, 0.3) is 0 Å². The molecule has 0 spiro atoms. The molecule has 0 aromatic rings. The van der Waals surface area contributed by atoms with Crippen LogP contribution >= 0.6 is 0 Å². The minimum absolute atomic E-state index is 0.149. The quantitative estimate of drug-likeness (QED) is 0.819. The second-order valence-corrected chi connectivity index (χ2v) is 8.24. The first kappa shape index (κ1) is 14.3. The van der Waals surface area contributed by atoms with Gasteiger partial charge in [-0.1, -0.05) is 13.8 Å². The molecule has 0 amide bonds. The molecule has 3 atom stereocenters. The summed E-state index contributed by atoms with van der Waals surface area (Å²) in [5, 5.41) is 2.94. The second kappa shape index (κ2) is 5.88.